The van der Waals surface area contributed by atoms with E-state index >= 15 is 0 Å². The first kappa shape index (κ1) is 20.4. The smallest absolute Gasteiger partial charge is 0.191 e. The largest absolute Gasteiger partial charge is 0.467 e. The fourth-order valence-corrected chi connectivity index (χ4v) is 2.09. The standard InChI is InChI=1S/C17H22FN3O2.HI/c1-3-19-17(21-11-15(22)16-5-4-8-23-16)20-10-13-6-7-14(18)12(2)9-13;/h4-9,15,22H,3,10-11H2,1-2H3,(H2,19,20,21);1H. The molecule has 0 saturated heterocycles. The van der Waals surface area contributed by atoms with Gasteiger partial charge in [0.1, 0.15) is 17.7 Å². The van der Waals surface area contributed by atoms with Crippen molar-refractivity contribution in [1.29, 1.82) is 0 Å². The number of halogens is 2. The molecule has 0 aliphatic carbocycles. The summed E-state index contributed by atoms with van der Waals surface area (Å²) in [4.78, 5) is 4.44. The van der Waals surface area contributed by atoms with Crippen molar-refractivity contribution in [2.45, 2.75) is 26.5 Å². The van der Waals surface area contributed by atoms with E-state index in [1.54, 1.807) is 31.2 Å². The summed E-state index contributed by atoms with van der Waals surface area (Å²) < 4.78 is 18.4. The molecule has 0 aliphatic rings. The Morgan fingerprint density at radius 2 is 2.12 bits per heavy atom. The van der Waals surface area contributed by atoms with Gasteiger partial charge < -0.3 is 20.2 Å². The molecule has 1 atom stereocenters. The molecule has 0 radical (unpaired) electrons. The minimum Gasteiger partial charge on any atom is -0.467 e. The molecule has 1 heterocycles. The monoisotopic (exact) mass is 447 g/mol. The SMILES string of the molecule is CCNC(=NCc1ccc(F)c(C)c1)NCC(O)c1ccco1.I. The maximum Gasteiger partial charge on any atom is 0.191 e. The van der Waals surface area contributed by atoms with Crippen molar-refractivity contribution >= 4 is 29.9 Å². The number of furan rings is 1. The number of rotatable bonds is 6. The summed E-state index contributed by atoms with van der Waals surface area (Å²) >= 11 is 0. The summed E-state index contributed by atoms with van der Waals surface area (Å²) in [6, 6.07) is 8.39. The van der Waals surface area contributed by atoms with Crippen molar-refractivity contribution in [1.82, 2.24) is 10.6 Å². The van der Waals surface area contributed by atoms with Crippen LogP contribution in [-0.4, -0.2) is 24.2 Å². The quantitative estimate of drug-likeness (QED) is 0.362. The van der Waals surface area contributed by atoms with Crippen molar-refractivity contribution in [3.63, 3.8) is 0 Å². The zero-order valence-corrected chi connectivity index (χ0v) is 16.1. The van der Waals surface area contributed by atoms with Gasteiger partial charge in [0.15, 0.2) is 5.96 Å². The Balaban J connectivity index is 0.00000288. The van der Waals surface area contributed by atoms with Crippen LogP contribution in [0, 0.1) is 12.7 Å². The van der Waals surface area contributed by atoms with Gasteiger partial charge in [-0.15, -0.1) is 24.0 Å². The number of hydrogen-bond donors (Lipinski definition) is 3. The third kappa shape index (κ3) is 6.12. The molecule has 7 heteroatoms. The molecule has 0 fully saturated rings. The van der Waals surface area contributed by atoms with E-state index in [-0.39, 0.29) is 36.3 Å². The number of aliphatic imine (C=N–C) groups is 1. The van der Waals surface area contributed by atoms with Crippen LogP contribution in [0.15, 0.2) is 46.0 Å². The summed E-state index contributed by atoms with van der Waals surface area (Å²) in [6.45, 7) is 5.09. The second-order valence-electron chi connectivity index (χ2n) is 5.19. The number of aliphatic hydroxyl groups excluding tert-OH is 1. The normalized spacial score (nSPS) is 12.4. The number of nitrogens with zero attached hydrogens (tertiary/aromatic N) is 1. The number of benzene rings is 1. The molecule has 5 nitrogen and oxygen atoms in total. The van der Waals surface area contributed by atoms with Crippen molar-refractivity contribution in [3.05, 3.63) is 59.3 Å². The number of hydrogen-bond acceptors (Lipinski definition) is 3. The predicted molar refractivity (Wildman–Crippen MR) is 103 cm³/mol. The van der Waals surface area contributed by atoms with Gasteiger partial charge in [0, 0.05) is 6.54 Å². The Bertz CT molecular complexity index is 647. The Morgan fingerprint density at radius 1 is 1.33 bits per heavy atom. The molecule has 0 saturated carbocycles. The van der Waals surface area contributed by atoms with Crippen LogP contribution in [-0.2, 0) is 6.54 Å². The van der Waals surface area contributed by atoms with Gasteiger partial charge in [-0.05, 0) is 43.2 Å². The van der Waals surface area contributed by atoms with Crippen LogP contribution >= 0.6 is 24.0 Å². The third-order valence-corrected chi connectivity index (χ3v) is 3.32. The van der Waals surface area contributed by atoms with Crippen molar-refractivity contribution in [2.75, 3.05) is 13.1 Å². The Labute approximate surface area is 158 Å². The maximum absolute atomic E-state index is 13.3. The molecule has 2 aromatic rings. The van der Waals surface area contributed by atoms with E-state index in [2.05, 4.69) is 15.6 Å². The molecule has 1 unspecified atom stereocenters. The number of guanidine groups is 1. The molecule has 0 amide bonds. The van der Waals surface area contributed by atoms with Crippen LogP contribution < -0.4 is 10.6 Å². The first-order valence-corrected chi connectivity index (χ1v) is 7.58. The zero-order valence-electron chi connectivity index (χ0n) is 13.8. The van der Waals surface area contributed by atoms with Crippen LogP contribution in [0.1, 0.15) is 29.9 Å². The van der Waals surface area contributed by atoms with Crippen LogP contribution in [0.3, 0.4) is 0 Å². The van der Waals surface area contributed by atoms with E-state index in [0.717, 1.165) is 5.56 Å². The molecule has 0 bridgehead atoms. The van der Waals surface area contributed by atoms with Crippen LogP contribution in [0.4, 0.5) is 4.39 Å². The summed E-state index contributed by atoms with van der Waals surface area (Å²) in [5.74, 6) is 0.868. The summed E-state index contributed by atoms with van der Waals surface area (Å²) in [7, 11) is 0. The van der Waals surface area contributed by atoms with Gasteiger partial charge in [-0.25, -0.2) is 9.38 Å². The van der Waals surface area contributed by atoms with E-state index in [1.807, 2.05) is 6.92 Å². The Morgan fingerprint density at radius 3 is 2.75 bits per heavy atom. The molecule has 3 N–H and O–H groups in total. The summed E-state index contributed by atoms with van der Waals surface area (Å²) in [6.07, 6.45) is 0.774. The average molecular weight is 447 g/mol. The van der Waals surface area contributed by atoms with E-state index < -0.39 is 6.10 Å². The maximum atomic E-state index is 13.3. The van der Waals surface area contributed by atoms with Gasteiger partial charge in [0.05, 0.1) is 19.4 Å². The molecule has 2 rings (SSSR count). The van der Waals surface area contributed by atoms with Gasteiger partial charge in [-0.2, -0.15) is 0 Å². The van der Waals surface area contributed by atoms with E-state index in [9.17, 15) is 9.50 Å². The fraction of sp³-hybridized carbons (Fsp3) is 0.353. The molecule has 0 spiro atoms. The minimum absolute atomic E-state index is 0. The fourth-order valence-electron chi connectivity index (χ4n) is 2.09. The second-order valence-corrected chi connectivity index (χ2v) is 5.19. The molecule has 24 heavy (non-hydrogen) atoms. The van der Waals surface area contributed by atoms with Crippen LogP contribution in [0.2, 0.25) is 0 Å². The van der Waals surface area contributed by atoms with Gasteiger partial charge >= 0.3 is 0 Å². The van der Waals surface area contributed by atoms with Crippen molar-refractivity contribution < 1.29 is 13.9 Å². The van der Waals surface area contributed by atoms with E-state index in [0.29, 0.717) is 30.4 Å². The van der Waals surface area contributed by atoms with Gasteiger partial charge in [0.2, 0.25) is 0 Å². The zero-order chi connectivity index (χ0) is 16.7. The number of nitrogens with one attached hydrogen (secondary N) is 2. The molecule has 1 aromatic heterocycles. The van der Waals surface area contributed by atoms with Gasteiger partial charge in [-0.3, -0.25) is 0 Å². The topological polar surface area (TPSA) is 69.8 Å². The first-order valence-electron chi connectivity index (χ1n) is 7.58. The second kappa shape index (κ2) is 10.3. The Kier molecular flexibility index (Phi) is 8.77. The molecule has 0 aliphatic heterocycles. The highest BCUT2D eigenvalue weighted by Crippen LogP contribution is 2.12. The highest BCUT2D eigenvalue weighted by molar-refractivity contribution is 14.0. The van der Waals surface area contributed by atoms with Crippen LogP contribution in [0.25, 0.3) is 0 Å². The molecular formula is C17H23FIN3O2. The minimum atomic E-state index is -0.748. The summed E-state index contributed by atoms with van der Waals surface area (Å²) in [5.41, 5.74) is 1.52. The highest BCUT2D eigenvalue weighted by Gasteiger charge is 2.10. The van der Waals surface area contributed by atoms with Crippen molar-refractivity contribution in [3.8, 4) is 0 Å². The lowest BCUT2D eigenvalue weighted by molar-refractivity contribution is 0.153. The van der Waals surface area contributed by atoms with Crippen molar-refractivity contribution in [2.24, 2.45) is 4.99 Å². The first-order chi connectivity index (χ1) is 11.1. The lowest BCUT2D eigenvalue weighted by atomic mass is 10.1. The Hall–Kier alpha value is -1.61. The lowest BCUT2D eigenvalue weighted by Crippen LogP contribution is -2.39. The average Bonchev–Trinajstić information content (AvgIpc) is 3.07. The predicted octanol–water partition coefficient (Wildman–Crippen LogP) is 3.13. The summed E-state index contributed by atoms with van der Waals surface area (Å²) in [5, 5.41) is 16.2. The number of aryl methyl sites for hydroxylation is 1. The lowest BCUT2D eigenvalue weighted by Gasteiger charge is -2.14. The van der Waals surface area contributed by atoms with E-state index in [1.165, 1.54) is 12.3 Å². The third-order valence-electron chi connectivity index (χ3n) is 3.32. The highest BCUT2D eigenvalue weighted by atomic mass is 127. The molecule has 1 aromatic carbocycles. The van der Waals surface area contributed by atoms with E-state index in [4.69, 9.17) is 4.42 Å². The molecular weight excluding hydrogens is 424 g/mol. The molecule has 132 valence electrons. The van der Waals surface area contributed by atoms with Gasteiger partial charge in [0.25, 0.3) is 0 Å². The van der Waals surface area contributed by atoms with Gasteiger partial charge in [-0.1, -0.05) is 12.1 Å². The number of aliphatic hydroxyl groups is 1. The van der Waals surface area contributed by atoms with Crippen LogP contribution in [0.5, 0.6) is 0 Å².